The van der Waals surface area contributed by atoms with E-state index in [1.807, 2.05) is 30.3 Å². The lowest BCUT2D eigenvalue weighted by Gasteiger charge is -2.16. The van der Waals surface area contributed by atoms with Gasteiger partial charge in [-0.15, -0.1) is 5.10 Å². The molecule has 1 amide bonds. The highest BCUT2D eigenvalue weighted by molar-refractivity contribution is 5.77. The zero-order valence-electron chi connectivity index (χ0n) is 14.9. The normalized spacial score (nSPS) is 12.0. The molecule has 0 saturated heterocycles. The largest absolute Gasteiger partial charge is 0.394 e. The average Bonchev–Trinajstić information content (AvgIpc) is 2.70. The number of fused-ring (bicyclic) bond motifs is 1. The molecule has 1 aromatic heterocycles. The van der Waals surface area contributed by atoms with E-state index < -0.39 is 0 Å². The van der Waals surface area contributed by atoms with Crippen molar-refractivity contribution in [2.45, 2.75) is 31.8 Å². The molecule has 0 unspecified atom stereocenters. The van der Waals surface area contributed by atoms with Crippen LogP contribution in [0.1, 0.15) is 18.4 Å². The first kappa shape index (κ1) is 18.7. The first-order valence-corrected chi connectivity index (χ1v) is 8.94. The number of hydrogen-bond acceptors (Lipinski definition) is 5. The van der Waals surface area contributed by atoms with Gasteiger partial charge in [0.15, 0.2) is 0 Å². The molecule has 7 nitrogen and oxygen atoms in total. The van der Waals surface area contributed by atoms with Gasteiger partial charge in [-0.3, -0.25) is 9.59 Å². The van der Waals surface area contributed by atoms with Gasteiger partial charge in [-0.2, -0.15) is 0 Å². The number of benzene rings is 2. The molecule has 1 atom stereocenters. The smallest absolute Gasteiger partial charge is 0.277 e. The van der Waals surface area contributed by atoms with Crippen molar-refractivity contribution in [1.82, 2.24) is 20.3 Å². The fraction of sp³-hybridized carbons (Fsp3) is 0.300. The monoisotopic (exact) mass is 366 g/mol. The van der Waals surface area contributed by atoms with Crippen LogP contribution in [0.5, 0.6) is 0 Å². The maximum Gasteiger partial charge on any atom is 0.277 e. The molecule has 3 rings (SSSR count). The van der Waals surface area contributed by atoms with Gasteiger partial charge in [-0.05, 0) is 30.5 Å². The molecule has 1 heterocycles. The minimum Gasteiger partial charge on any atom is -0.394 e. The third-order valence-corrected chi connectivity index (χ3v) is 4.31. The van der Waals surface area contributed by atoms with Gasteiger partial charge in [0, 0.05) is 13.0 Å². The summed E-state index contributed by atoms with van der Waals surface area (Å²) in [5, 5.41) is 20.8. The average molecular weight is 366 g/mol. The van der Waals surface area contributed by atoms with Gasteiger partial charge in [-0.25, -0.2) is 4.68 Å². The Balaban J connectivity index is 1.52. The second-order valence-corrected chi connectivity index (χ2v) is 6.38. The van der Waals surface area contributed by atoms with Crippen LogP contribution >= 0.6 is 0 Å². The molecule has 0 spiro atoms. The molecule has 0 aliphatic rings. The third-order valence-electron chi connectivity index (χ3n) is 4.31. The molecule has 0 fully saturated rings. The zero-order valence-corrected chi connectivity index (χ0v) is 14.9. The fourth-order valence-electron chi connectivity index (χ4n) is 2.92. The number of aliphatic hydroxyl groups excluding tert-OH is 1. The Morgan fingerprint density at radius 1 is 1.11 bits per heavy atom. The fourth-order valence-corrected chi connectivity index (χ4v) is 2.92. The van der Waals surface area contributed by atoms with Crippen LogP contribution in [-0.2, 0) is 17.8 Å². The van der Waals surface area contributed by atoms with Crippen molar-refractivity contribution in [1.29, 1.82) is 0 Å². The van der Waals surface area contributed by atoms with E-state index in [0.29, 0.717) is 30.3 Å². The van der Waals surface area contributed by atoms with E-state index in [0.717, 1.165) is 5.56 Å². The summed E-state index contributed by atoms with van der Waals surface area (Å²) in [6, 6.07) is 16.4. The van der Waals surface area contributed by atoms with E-state index in [-0.39, 0.29) is 30.5 Å². The van der Waals surface area contributed by atoms with Gasteiger partial charge in [0.1, 0.15) is 5.52 Å². The van der Waals surface area contributed by atoms with E-state index in [2.05, 4.69) is 15.6 Å². The van der Waals surface area contributed by atoms with E-state index in [4.69, 9.17) is 0 Å². The number of aromatic nitrogens is 3. The standard InChI is InChI=1S/C20H22N4O3/c25-14-16(13-15-7-2-1-3-8-15)21-19(26)11-6-12-24-20(27)17-9-4-5-10-18(17)22-23-24/h1-5,7-10,16,25H,6,11-14H2,(H,21,26)/t16-/m0/s1. The summed E-state index contributed by atoms with van der Waals surface area (Å²) < 4.78 is 1.28. The van der Waals surface area contributed by atoms with Crippen LogP contribution in [0.2, 0.25) is 0 Å². The number of aryl methyl sites for hydroxylation is 1. The summed E-state index contributed by atoms with van der Waals surface area (Å²) in [7, 11) is 0. The molecular formula is C20H22N4O3. The molecule has 0 radical (unpaired) electrons. The number of amides is 1. The predicted octanol–water partition coefficient (Wildman–Crippen LogP) is 1.29. The van der Waals surface area contributed by atoms with Gasteiger partial charge < -0.3 is 10.4 Å². The number of hydrogen-bond donors (Lipinski definition) is 2. The molecular weight excluding hydrogens is 344 g/mol. The highest BCUT2D eigenvalue weighted by Crippen LogP contribution is 2.05. The maximum atomic E-state index is 12.4. The number of rotatable bonds is 8. The Kier molecular flexibility index (Phi) is 6.27. The van der Waals surface area contributed by atoms with Crippen LogP contribution < -0.4 is 10.9 Å². The Bertz CT molecular complexity index is 956. The predicted molar refractivity (Wildman–Crippen MR) is 102 cm³/mol. The quantitative estimate of drug-likeness (QED) is 0.626. The summed E-state index contributed by atoms with van der Waals surface area (Å²) >= 11 is 0. The molecule has 0 aliphatic heterocycles. The van der Waals surface area contributed by atoms with Gasteiger partial charge in [0.25, 0.3) is 5.56 Å². The number of carbonyl (C=O) groups excluding carboxylic acids is 1. The van der Waals surface area contributed by atoms with Crippen molar-refractivity contribution in [3.05, 3.63) is 70.5 Å². The third kappa shape index (κ3) is 4.98. The Hall–Kier alpha value is -3.06. The number of carbonyl (C=O) groups is 1. The molecule has 0 aliphatic carbocycles. The topological polar surface area (TPSA) is 97.1 Å². The molecule has 0 saturated carbocycles. The van der Waals surface area contributed by atoms with E-state index in [9.17, 15) is 14.7 Å². The lowest BCUT2D eigenvalue weighted by atomic mass is 10.1. The van der Waals surface area contributed by atoms with Crippen molar-refractivity contribution < 1.29 is 9.90 Å². The van der Waals surface area contributed by atoms with Crippen molar-refractivity contribution in [2.24, 2.45) is 0 Å². The van der Waals surface area contributed by atoms with Crippen LogP contribution in [-0.4, -0.2) is 38.7 Å². The van der Waals surface area contributed by atoms with Gasteiger partial charge in [0.2, 0.25) is 5.91 Å². The van der Waals surface area contributed by atoms with Crippen LogP contribution in [0, 0.1) is 0 Å². The van der Waals surface area contributed by atoms with E-state index >= 15 is 0 Å². The van der Waals surface area contributed by atoms with Crippen molar-refractivity contribution in [3.8, 4) is 0 Å². The number of aliphatic hydroxyl groups is 1. The highest BCUT2D eigenvalue weighted by atomic mass is 16.3. The lowest BCUT2D eigenvalue weighted by Crippen LogP contribution is -2.39. The van der Waals surface area contributed by atoms with E-state index in [1.165, 1.54) is 4.68 Å². The molecule has 7 heteroatoms. The second kappa shape index (κ2) is 9.05. The van der Waals surface area contributed by atoms with Crippen LogP contribution in [0.25, 0.3) is 10.9 Å². The van der Waals surface area contributed by atoms with Gasteiger partial charge >= 0.3 is 0 Å². The highest BCUT2D eigenvalue weighted by Gasteiger charge is 2.12. The van der Waals surface area contributed by atoms with Gasteiger partial charge in [-0.1, -0.05) is 47.7 Å². The SMILES string of the molecule is O=C(CCCn1nnc2ccccc2c1=O)N[C@H](CO)Cc1ccccc1. The number of nitrogens with zero attached hydrogens (tertiary/aromatic N) is 3. The second-order valence-electron chi connectivity index (χ2n) is 6.38. The molecule has 3 aromatic rings. The molecule has 27 heavy (non-hydrogen) atoms. The lowest BCUT2D eigenvalue weighted by molar-refractivity contribution is -0.122. The van der Waals surface area contributed by atoms with Crippen molar-refractivity contribution >= 4 is 16.8 Å². The van der Waals surface area contributed by atoms with Gasteiger partial charge in [0.05, 0.1) is 18.0 Å². The van der Waals surface area contributed by atoms with Crippen LogP contribution in [0.15, 0.2) is 59.4 Å². The minimum absolute atomic E-state index is 0.129. The maximum absolute atomic E-state index is 12.4. The summed E-state index contributed by atoms with van der Waals surface area (Å²) in [5.41, 5.74) is 1.40. The zero-order chi connectivity index (χ0) is 19.1. The summed E-state index contributed by atoms with van der Waals surface area (Å²) in [4.78, 5) is 24.5. The Morgan fingerprint density at radius 3 is 2.63 bits per heavy atom. The van der Waals surface area contributed by atoms with Crippen LogP contribution in [0.3, 0.4) is 0 Å². The first-order chi connectivity index (χ1) is 13.2. The molecule has 140 valence electrons. The van der Waals surface area contributed by atoms with Crippen molar-refractivity contribution in [2.75, 3.05) is 6.61 Å². The Labute approximate surface area is 156 Å². The van der Waals surface area contributed by atoms with Crippen LogP contribution in [0.4, 0.5) is 0 Å². The summed E-state index contributed by atoms with van der Waals surface area (Å²) in [6.07, 6.45) is 1.27. The Morgan fingerprint density at radius 2 is 1.85 bits per heavy atom. The molecule has 0 bridgehead atoms. The number of nitrogens with one attached hydrogen (secondary N) is 1. The summed E-state index contributed by atoms with van der Waals surface area (Å²) in [5.74, 6) is -0.160. The summed E-state index contributed by atoms with van der Waals surface area (Å²) in [6.45, 7) is 0.183. The first-order valence-electron chi connectivity index (χ1n) is 8.94. The molecule has 2 N–H and O–H groups in total. The minimum atomic E-state index is -0.330. The molecule has 2 aromatic carbocycles. The van der Waals surface area contributed by atoms with E-state index in [1.54, 1.807) is 24.3 Å². The van der Waals surface area contributed by atoms with Crippen molar-refractivity contribution in [3.63, 3.8) is 0 Å².